The van der Waals surface area contributed by atoms with E-state index in [1.54, 1.807) is 10.7 Å². The lowest BCUT2D eigenvalue weighted by molar-refractivity contribution is 0.602. The number of aromatic nitrogens is 3. The largest absolute Gasteiger partial charge is 0.367 e. The molecular formula is C12H16N4. The van der Waals surface area contributed by atoms with Crippen molar-refractivity contribution >= 4 is 11.5 Å². The lowest BCUT2D eigenvalue weighted by Gasteiger charge is -2.12. The summed E-state index contributed by atoms with van der Waals surface area (Å²) in [5, 5.41) is 7.63. The first-order chi connectivity index (χ1) is 7.81. The molecule has 1 saturated carbocycles. The minimum absolute atomic E-state index is 0.591. The molecule has 2 unspecified atom stereocenters. The van der Waals surface area contributed by atoms with Crippen molar-refractivity contribution in [3.63, 3.8) is 0 Å². The van der Waals surface area contributed by atoms with Crippen molar-refractivity contribution in [2.24, 2.45) is 5.92 Å². The van der Waals surface area contributed by atoms with Gasteiger partial charge in [-0.2, -0.15) is 5.10 Å². The molecule has 3 rings (SSSR count). The van der Waals surface area contributed by atoms with Crippen molar-refractivity contribution in [2.45, 2.75) is 32.2 Å². The van der Waals surface area contributed by atoms with Gasteiger partial charge < -0.3 is 5.32 Å². The van der Waals surface area contributed by atoms with Gasteiger partial charge in [-0.1, -0.05) is 6.92 Å². The Balaban J connectivity index is 1.78. The Kier molecular flexibility index (Phi) is 2.27. The van der Waals surface area contributed by atoms with Crippen LogP contribution in [0.25, 0.3) is 5.65 Å². The van der Waals surface area contributed by atoms with E-state index in [9.17, 15) is 0 Å². The SMILES string of the molecule is CC1CCC(Nc2ccn3nccc3n2)C1. The van der Waals surface area contributed by atoms with Gasteiger partial charge in [-0.05, 0) is 31.2 Å². The molecular weight excluding hydrogens is 200 g/mol. The van der Waals surface area contributed by atoms with Crippen molar-refractivity contribution in [3.05, 3.63) is 24.5 Å². The third-order valence-corrected chi connectivity index (χ3v) is 3.30. The van der Waals surface area contributed by atoms with Gasteiger partial charge >= 0.3 is 0 Å². The van der Waals surface area contributed by atoms with Crippen LogP contribution >= 0.6 is 0 Å². The van der Waals surface area contributed by atoms with Crippen molar-refractivity contribution in [1.29, 1.82) is 0 Å². The van der Waals surface area contributed by atoms with Crippen LogP contribution in [0.1, 0.15) is 26.2 Å². The van der Waals surface area contributed by atoms with Crippen LogP contribution in [0.3, 0.4) is 0 Å². The van der Waals surface area contributed by atoms with Crippen LogP contribution in [-0.4, -0.2) is 20.6 Å². The molecule has 4 nitrogen and oxygen atoms in total. The van der Waals surface area contributed by atoms with Gasteiger partial charge in [0.15, 0.2) is 5.65 Å². The maximum atomic E-state index is 4.51. The van der Waals surface area contributed by atoms with Gasteiger partial charge in [0, 0.05) is 18.3 Å². The summed E-state index contributed by atoms with van der Waals surface area (Å²) in [6, 6.07) is 4.50. The van der Waals surface area contributed by atoms with Crippen LogP contribution in [0, 0.1) is 5.92 Å². The van der Waals surface area contributed by atoms with E-state index in [1.165, 1.54) is 19.3 Å². The molecule has 0 aliphatic heterocycles. The molecule has 16 heavy (non-hydrogen) atoms. The van der Waals surface area contributed by atoms with Crippen LogP contribution in [0.4, 0.5) is 5.82 Å². The lowest BCUT2D eigenvalue weighted by atomic mass is 10.1. The molecule has 2 aromatic heterocycles. The number of rotatable bonds is 2. The smallest absolute Gasteiger partial charge is 0.157 e. The van der Waals surface area contributed by atoms with Gasteiger partial charge in [-0.15, -0.1) is 0 Å². The minimum Gasteiger partial charge on any atom is -0.367 e. The number of nitrogens with one attached hydrogen (secondary N) is 1. The molecule has 1 aliphatic rings. The summed E-state index contributed by atoms with van der Waals surface area (Å²) < 4.78 is 1.78. The van der Waals surface area contributed by atoms with E-state index in [2.05, 4.69) is 22.3 Å². The number of nitrogens with zero attached hydrogens (tertiary/aromatic N) is 3. The molecule has 0 spiro atoms. The average molecular weight is 216 g/mol. The van der Waals surface area contributed by atoms with Crippen molar-refractivity contribution in [3.8, 4) is 0 Å². The van der Waals surface area contributed by atoms with E-state index in [4.69, 9.17) is 0 Å². The number of anilines is 1. The van der Waals surface area contributed by atoms with Crippen LogP contribution in [-0.2, 0) is 0 Å². The van der Waals surface area contributed by atoms with Crippen LogP contribution in [0.5, 0.6) is 0 Å². The van der Waals surface area contributed by atoms with E-state index < -0.39 is 0 Å². The molecule has 2 atom stereocenters. The summed E-state index contributed by atoms with van der Waals surface area (Å²) in [7, 11) is 0. The van der Waals surface area contributed by atoms with E-state index >= 15 is 0 Å². The molecule has 2 aromatic rings. The molecule has 4 heteroatoms. The highest BCUT2D eigenvalue weighted by atomic mass is 15.2. The van der Waals surface area contributed by atoms with Gasteiger partial charge in [0.1, 0.15) is 5.82 Å². The standard InChI is InChI=1S/C12H16N4/c1-9-2-3-10(8-9)14-11-5-7-16-12(15-11)4-6-13-16/h4-7,9-10H,2-3,8H2,1H3,(H,14,15). The van der Waals surface area contributed by atoms with Crippen LogP contribution in [0.2, 0.25) is 0 Å². The number of fused-ring (bicyclic) bond motifs is 1. The Labute approximate surface area is 94.7 Å². The highest BCUT2D eigenvalue weighted by Crippen LogP contribution is 2.26. The summed E-state index contributed by atoms with van der Waals surface area (Å²) in [6.45, 7) is 2.31. The summed E-state index contributed by atoms with van der Waals surface area (Å²) >= 11 is 0. The zero-order valence-corrected chi connectivity index (χ0v) is 9.43. The fraction of sp³-hybridized carbons (Fsp3) is 0.500. The van der Waals surface area contributed by atoms with E-state index in [-0.39, 0.29) is 0 Å². The molecule has 0 radical (unpaired) electrons. The Morgan fingerprint density at radius 2 is 2.31 bits per heavy atom. The second-order valence-corrected chi connectivity index (χ2v) is 4.71. The highest BCUT2D eigenvalue weighted by molar-refractivity contribution is 5.45. The topological polar surface area (TPSA) is 42.2 Å². The molecule has 0 amide bonds. The monoisotopic (exact) mass is 216 g/mol. The Morgan fingerprint density at radius 1 is 1.38 bits per heavy atom. The van der Waals surface area contributed by atoms with Crippen LogP contribution in [0.15, 0.2) is 24.5 Å². The Bertz CT molecular complexity index is 490. The average Bonchev–Trinajstić information content (AvgIpc) is 2.87. The van der Waals surface area contributed by atoms with E-state index in [1.807, 2.05) is 18.3 Å². The highest BCUT2D eigenvalue weighted by Gasteiger charge is 2.21. The third kappa shape index (κ3) is 1.75. The Hall–Kier alpha value is -1.58. The van der Waals surface area contributed by atoms with Crippen molar-refractivity contribution in [1.82, 2.24) is 14.6 Å². The predicted molar refractivity (Wildman–Crippen MR) is 63.4 cm³/mol. The van der Waals surface area contributed by atoms with Gasteiger partial charge in [0.25, 0.3) is 0 Å². The quantitative estimate of drug-likeness (QED) is 0.837. The minimum atomic E-state index is 0.591. The zero-order valence-electron chi connectivity index (χ0n) is 9.43. The van der Waals surface area contributed by atoms with E-state index in [0.717, 1.165) is 17.4 Å². The number of hydrogen-bond donors (Lipinski definition) is 1. The molecule has 84 valence electrons. The predicted octanol–water partition coefficient (Wildman–Crippen LogP) is 2.33. The number of hydrogen-bond acceptors (Lipinski definition) is 3. The second kappa shape index (κ2) is 3.77. The molecule has 2 heterocycles. The molecule has 0 aromatic carbocycles. The molecule has 1 N–H and O–H groups in total. The maximum Gasteiger partial charge on any atom is 0.157 e. The molecule has 1 fully saturated rings. The lowest BCUT2D eigenvalue weighted by Crippen LogP contribution is -2.16. The van der Waals surface area contributed by atoms with Gasteiger partial charge in [-0.3, -0.25) is 0 Å². The van der Waals surface area contributed by atoms with Crippen molar-refractivity contribution < 1.29 is 0 Å². The molecule has 1 aliphatic carbocycles. The third-order valence-electron chi connectivity index (χ3n) is 3.30. The fourth-order valence-electron chi connectivity index (χ4n) is 2.44. The van der Waals surface area contributed by atoms with Crippen molar-refractivity contribution in [2.75, 3.05) is 5.32 Å². The molecule has 0 saturated heterocycles. The summed E-state index contributed by atoms with van der Waals surface area (Å²) in [6.07, 6.45) is 7.55. The normalized spacial score (nSPS) is 25.1. The first-order valence-electron chi connectivity index (χ1n) is 5.88. The summed E-state index contributed by atoms with van der Waals surface area (Å²) in [5.41, 5.74) is 0.899. The second-order valence-electron chi connectivity index (χ2n) is 4.71. The first kappa shape index (κ1) is 9.63. The molecule has 0 bridgehead atoms. The summed E-state index contributed by atoms with van der Waals surface area (Å²) in [5.74, 6) is 1.81. The zero-order chi connectivity index (χ0) is 11.0. The van der Waals surface area contributed by atoms with Gasteiger partial charge in [-0.25, -0.2) is 9.50 Å². The van der Waals surface area contributed by atoms with E-state index in [0.29, 0.717) is 6.04 Å². The van der Waals surface area contributed by atoms with Gasteiger partial charge in [0.05, 0.1) is 6.20 Å². The van der Waals surface area contributed by atoms with Crippen LogP contribution < -0.4 is 5.32 Å². The first-order valence-corrected chi connectivity index (χ1v) is 5.88. The fourth-order valence-corrected chi connectivity index (χ4v) is 2.44. The maximum absolute atomic E-state index is 4.51. The Morgan fingerprint density at radius 3 is 3.12 bits per heavy atom. The van der Waals surface area contributed by atoms with Gasteiger partial charge in [0.2, 0.25) is 0 Å². The summed E-state index contributed by atoms with van der Waals surface area (Å²) in [4.78, 5) is 4.51.